The second-order valence-electron chi connectivity index (χ2n) is 14.5. The van der Waals surface area contributed by atoms with E-state index in [1.807, 2.05) is 91.0 Å². The van der Waals surface area contributed by atoms with Crippen molar-refractivity contribution < 1.29 is 44.5 Å². The third-order valence-electron chi connectivity index (χ3n) is 10.5. The molecule has 14 atom stereocenters. The average molecular weight is 689 g/mol. The van der Waals surface area contributed by atoms with Gasteiger partial charge in [-0.1, -0.05) is 114 Å². The van der Waals surface area contributed by atoms with Gasteiger partial charge in [0.25, 0.3) is 0 Å². The van der Waals surface area contributed by atoms with E-state index in [1.54, 1.807) is 18.2 Å². The summed E-state index contributed by atoms with van der Waals surface area (Å²) in [5, 5.41) is 54.1. The molecule has 0 aromatic carbocycles. The zero-order valence-corrected chi connectivity index (χ0v) is 31.1. The van der Waals surface area contributed by atoms with Gasteiger partial charge in [-0.3, -0.25) is 4.79 Å². The van der Waals surface area contributed by atoms with Crippen LogP contribution in [0.3, 0.4) is 0 Å². The molecule has 2 aliphatic rings. The number of rotatable bonds is 17. The zero-order chi connectivity index (χ0) is 36.9. The molecule has 9 heteroatoms. The highest BCUT2D eigenvalue weighted by Gasteiger charge is 2.57. The number of aliphatic hydroxyl groups excluding tert-OH is 4. The van der Waals surface area contributed by atoms with Gasteiger partial charge in [0.2, 0.25) is 0 Å². The second kappa shape index (κ2) is 20.5. The van der Waals surface area contributed by atoms with Gasteiger partial charge in [-0.15, -0.1) is 0 Å². The first-order chi connectivity index (χ1) is 23.1. The Labute approximate surface area is 294 Å². The minimum Gasteiger partial charge on any atom is -0.481 e. The molecule has 2 saturated heterocycles. The molecule has 9 nitrogen and oxygen atoms in total. The summed E-state index contributed by atoms with van der Waals surface area (Å²) in [5.41, 5.74) is 1.20. The lowest BCUT2D eigenvalue weighted by Gasteiger charge is -2.55. The van der Waals surface area contributed by atoms with Gasteiger partial charge in [-0.25, -0.2) is 0 Å². The fourth-order valence-corrected chi connectivity index (χ4v) is 7.14. The summed E-state index contributed by atoms with van der Waals surface area (Å²) in [6, 6.07) is 0. The lowest BCUT2D eigenvalue weighted by molar-refractivity contribution is -0.390. The summed E-state index contributed by atoms with van der Waals surface area (Å²) in [6.45, 7) is 15.8. The Morgan fingerprint density at radius 1 is 0.857 bits per heavy atom. The van der Waals surface area contributed by atoms with E-state index in [0.717, 1.165) is 6.42 Å². The van der Waals surface area contributed by atoms with Crippen LogP contribution in [0.4, 0.5) is 0 Å². The Balaban J connectivity index is 2.06. The quantitative estimate of drug-likeness (QED) is 0.0898. The maximum atomic E-state index is 11.4. The highest BCUT2D eigenvalue weighted by atomic mass is 16.7. The molecule has 0 saturated carbocycles. The molecule has 0 unspecified atom stereocenters. The minimum atomic E-state index is -1.43. The second-order valence-corrected chi connectivity index (χ2v) is 14.5. The number of hydrogen-bond donors (Lipinski definition) is 5. The van der Waals surface area contributed by atoms with Crippen LogP contribution in [0.25, 0.3) is 0 Å². The predicted octanol–water partition coefficient (Wildman–Crippen LogP) is 6.15. The van der Waals surface area contributed by atoms with E-state index in [4.69, 9.17) is 19.3 Å². The van der Waals surface area contributed by atoms with Gasteiger partial charge >= 0.3 is 5.97 Å². The third-order valence-corrected chi connectivity index (χ3v) is 10.5. The molecule has 2 heterocycles. The first-order valence-electron chi connectivity index (χ1n) is 17.9. The summed E-state index contributed by atoms with van der Waals surface area (Å²) in [4.78, 5) is 10.8. The highest BCUT2D eigenvalue weighted by molar-refractivity contribution is 5.67. The van der Waals surface area contributed by atoms with E-state index in [-0.39, 0.29) is 48.3 Å². The van der Waals surface area contributed by atoms with Gasteiger partial charge in [0, 0.05) is 37.2 Å². The summed E-state index contributed by atoms with van der Waals surface area (Å²) in [5.74, 6) is -3.46. The Hall–Kier alpha value is -2.37. The maximum Gasteiger partial charge on any atom is 0.306 e. The normalized spacial score (nSPS) is 33.1. The SMILES string of the molecule is C/C=C(\C)C[C@H](C)[C@H](O)[C@@H](C)[C@H]1O[C@@]2(C[C@@H](O)[C@H]1C)O[C@H]([C@@H](C)[C@@H](O)[C@@H](C)\C=C/C=C/C=C\C=C\C=C/[C@H](CC(=O)O)OC)[C@@H](C)C[C@@H]2O. The molecule has 2 aliphatic heterocycles. The first kappa shape index (κ1) is 42.8. The minimum absolute atomic E-state index is 0.00961. The van der Waals surface area contributed by atoms with Crippen molar-refractivity contribution in [2.45, 2.75) is 130 Å². The third kappa shape index (κ3) is 12.4. The highest BCUT2D eigenvalue weighted by Crippen LogP contribution is 2.47. The smallest absolute Gasteiger partial charge is 0.306 e. The van der Waals surface area contributed by atoms with E-state index in [2.05, 4.69) is 13.0 Å². The van der Waals surface area contributed by atoms with Crippen molar-refractivity contribution in [2.75, 3.05) is 7.11 Å². The molecular weight excluding hydrogens is 624 g/mol. The van der Waals surface area contributed by atoms with E-state index < -0.39 is 54.5 Å². The van der Waals surface area contributed by atoms with Gasteiger partial charge in [-0.05, 0) is 38.5 Å². The molecule has 49 heavy (non-hydrogen) atoms. The van der Waals surface area contributed by atoms with Crippen LogP contribution in [0, 0.1) is 35.5 Å². The molecule has 0 aliphatic carbocycles. The van der Waals surface area contributed by atoms with Crippen molar-refractivity contribution in [1.82, 2.24) is 0 Å². The number of aliphatic carboxylic acids is 1. The van der Waals surface area contributed by atoms with Crippen molar-refractivity contribution >= 4 is 5.97 Å². The molecule has 0 aromatic rings. The van der Waals surface area contributed by atoms with Crippen molar-refractivity contribution in [3.63, 3.8) is 0 Å². The standard InChI is InChI=1S/C40H64O9/c1-10-25(2)21-27(4)37(46)31(8)39-29(6)33(41)24-40(49-39)34(42)22-28(5)38(48-40)30(7)36(45)26(3)19-17-15-13-11-12-14-16-18-20-32(47-9)23-35(43)44/h10-20,26-34,36-39,41-42,45-46H,21-24H2,1-9H3,(H,43,44)/b12-11-,15-13+,16-14+,19-17-,20-18-,25-10+/t26-,27-,28-,29+,30-,31+,32+,33+,34-,36-,37-,38-,39-,40+/m0/s1. The molecule has 0 bridgehead atoms. The average Bonchev–Trinajstić information content (AvgIpc) is 3.06. The molecule has 0 aromatic heterocycles. The number of carboxylic acids is 1. The maximum absolute atomic E-state index is 11.4. The van der Waals surface area contributed by atoms with E-state index in [1.165, 1.54) is 12.7 Å². The van der Waals surface area contributed by atoms with Crippen LogP contribution in [0.2, 0.25) is 0 Å². The van der Waals surface area contributed by atoms with Gasteiger partial charge in [0.1, 0.15) is 6.10 Å². The Bertz CT molecular complexity index is 1190. The molecule has 0 radical (unpaired) electrons. The van der Waals surface area contributed by atoms with E-state index in [0.29, 0.717) is 6.42 Å². The summed E-state index contributed by atoms with van der Waals surface area (Å²) < 4.78 is 18.4. The fraction of sp³-hybridized carbons (Fsp3) is 0.675. The molecule has 278 valence electrons. The molecule has 5 N–H and O–H groups in total. The van der Waals surface area contributed by atoms with Crippen molar-refractivity contribution in [2.24, 2.45) is 35.5 Å². The summed E-state index contributed by atoms with van der Waals surface area (Å²) >= 11 is 0. The zero-order valence-electron chi connectivity index (χ0n) is 31.1. The van der Waals surface area contributed by atoms with E-state index >= 15 is 0 Å². The van der Waals surface area contributed by atoms with Crippen LogP contribution in [-0.4, -0.2) is 87.1 Å². The number of ether oxygens (including phenoxy) is 3. The number of allylic oxidation sites excluding steroid dienone is 10. The van der Waals surface area contributed by atoms with Crippen molar-refractivity contribution in [3.05, 3.63) is 72.4 Å². The van der Waals surface area contributed by atoms with E-state index in [9.17, 15) is 25.2 Å². The monoisotopic (exact) mass is 688 g/mol. The van der Waals surface area contributed by atoms with Crippen LogP contribution in [0.1, 0.15) is 81.1 Å². The molecular formula is C40H64O9. The Morgan fingerprint density at radius 3 is 1.94 bits per heavy atom. The van der Waals surface area contributed by atoms with Gasteiger partial charge in [-0.2, -0.15) is 0 Å². The van der Waals surface area contributed by atoms with Crippen molar-refractivity contribution in [1.29, 1.82) is 0 Å². The fourth-order valence-electron chi connectivity index (χ4n) is 7.14. The molecule has 1 spiro atoms. The predicted molar refractivity (Wildman–Crippen MR) is 194 cm³/mol. The van der Waals surface area contributed by atoms with Crippen LogP contribution < -0.4 is 0 Å². The topological polar surface area (TPSA) is 146 Å². The van der Waals surface area contributed by atoms with Gasteiger partial charge in [0.15, 0.2) is 5.79 Å². The van der Waals surface area contributed by atoms with Gasteiger partial charge < -0.3 is 39.7 Å². The van der Waals surface area contributed by atoms with Crippen molar-refractivity contribution in [3.8, 4) is 0 Å². The Morgan fingerprint density at radius 2 is 1.39 bits per heavy atom. The lowest BCUT2D eigenvalue weighted by Crippen LogP contribution is -2.65. The summed E-state index contributed by atoms with van der Waals surface area (Å²) in [6.07, 6.45) is 17.0. The molecule has 2 fully saturated rings. The number of methoxy groups -OCH3 is 1. The molecule has 2 rings (SSSR count). The number of hydrogen-bond acceptors (Lipinski definition) is 8. The van der Waals surface area contributed by atoms with Crippen LogP contribution in [-0.2, 0) is 19.0 Å². The largest absolute Gasteiger partial charge is 0.481 e. The number of carbonyl (C=O) groups is 1. The lowest BCUT2D eigenvalue weighted by atomic mass is 9.74. The number of aliphatic hydroxyl groups is 4. The molecule has 0 amide bonds. The van der Waals surface area contributed by atoms with Crippen LogP contribution >= 0.6 is 0 Å². The first-order valence-corrected chi connectivity index (χ1v) is 17.9. The van der Waals surface area contributed by atoms with Crippen LogP contribution in [0.5, 0.6) is 0 Å². The number of carboxylic acid groups (broad SMARTS) is 1. The van der Waals surface area contributed by atoms with Gasteiger partial charge in [0.05, 0.1) is 43.0 Å². The Kier molecular flexibility index (Phi) is 17.9. The summed E-state index contributed by atoms with van der Waals surface area (Å²) in [7, 11) is 1.47. The van der Waals surface area contributed by atoms with Crippen LogP contribution in [0.15, 0.2) is 72.4 Å².